The lowest BCUT2D eigenvalue weighted by Crippen LogP contribution is -2.55. The molecule has 406 valence electrons. The normalized spacial score (nSPS) is 24.1. The van der Waals surface area contributed by atoms with Gasteiger partial charge in [-0.25, -0.2) is 19.2 Å². The molecular weight excluding hydrogens is 949 g/mol. The molecule has 0 spiro atoms. The minimum Gasteiger partial charge on any atom is -0.451 e. The number of likely N-dealkylation sites (N-methyl/N-ethyl adjacent to an activating group) is 4. The zero-order valence-corrected chi connectivity index (χ0v) is 45.9. The summed E-state index contributed by atoms with van der Waals surface area (Å²) in [6.07, 6.45) is -2.31. The number of carbonyl (C=O) groups excluding carboxylic acids is 8. The lowest BCUT2D eigenvalue weighted by atomic mass is 9.99. The van der Waals surface area contributed by atoms with Crippen LogP contribution in [0.2, 0.25) is 0 Å². The van der Waals surface area contributed by atoms with E-state index in [2.05, 4.69) is 5.10 Å². The molecule has 0 bridgehead atoms. The Balaban J connectivity index is 1.87. The number of esters is 4. The molecule has 1 saturated heterocycles. The molecule has 4 amide bonds. The van der Waals surface area contributed by atoms with Crippen LogP contribution in [0, 0.1) is 23.7 Å². The van der Waals surface area contributed by atoms with Crippen LogP contribution in [0.4, 0.5) is 0 Å². The second-order valence-electron chi connectivity index (χ2n) is 21.3. The van der Waals surface area contributed by atoms with Crippen LogP contribution in [-0.2, 0) is 76.7 Å². The average molecular weight is 1030 g/mol. The third kappa shape index (κ3) is 17.0. The number of ether oxygens (including phenoxy) is 4. The number of hydrogen-bond donors (Lipinski definition) is 0. The topological polar surface area (TPSA) is 204 Å². The van der Waals surface area contributed by atoms with Gasteiger partial charge < -0.3 is 38.5 Å². The summed E-state index contributed by atoms with van der Waals surface area (Å²) in [5, 5.41) is 4.30. The van der Waals surface area contributed by atoms with Gasteiger partial charge in [0, 0.05) is 53.4 Å². The number of nitrogens with zero attached hydrogens (tertiary/aromatic N) is 6. The molecule has 74 heavy (non-hydrogen) atoms. The maximum atomic E-state index is 15.0. The summed E-state index contributed by atoms with van der Waals surface area (Å²) in [5.74, 6) is -7.28. The van der Waals surface area contributed by atoms with Crippen molar-refractivity contribution in [3.05, 3.63) is 89.7 Å². The van der Waals surface area contributed by atoms with Crippen LogP contribution < -0.4 is 0 Å². The van der Waals surface area contributed by atoms with Gasteiger partial charge in [-0.3, -0.25) is 23.9 Å². The second kappa shape index (κ2) is 27.6. The Kier molecular flexibility index (Phi) is 22.4. The number of amides is 4. The molecule has 1 fully saturated rings. The predicted molar refractivity (Wildman–Crippen MR) is 277 cm³/mol. The summed E-state index contributed by atoms with van der Waals surface area (Å²) in [6, 6.07) is 12.9. The Morgan fingerprint density at radius 2 is 0.797 bits per heavy atom. The van der Waals surface area contributed by atoms with Crippen molar-refractivity contribution in [3.8, 4) is 0 Å². The van der Waals surface area contributed by atoms with Crippen LogP contribution in [-0.4, -0.2) is 154 Å². The number of rotatable bonds is 14. The highest BCUT2D eigenvalue weighted by Gasteiger charge is 2.43. The van der Waals surface area contributed by atoms with Crippen molar-refractivity contribution in [2.45, 2.75) is 163 Å². The minimum atomic E-state index is -1.53. The van der Waals surface area contributed by atoms with Crippen molar-refractivity contribution in [2.24, 2.45) is 23.7 Å². The van der Waals surface area contributed by atoms with Gasteiger partial charge in [0.15, 0.2) is 24.4 Å². The van der Waals surface area contributed by atoms with Crippen LogP contribution >= 0.6 is 0 Å². The number of benzene rings is 2. The molecule has 1 aromatic heterocycles. The molecule has 4 rings (SSSR count). The summed E-state index contributed by atoms with van der Waals surface area (Å²) in [5.41, 5.74) is 2.12. The van der Waals surface area contributed by atoms with E-state index >= 15 is 0 Å². The van der Waals surface area contributed by atoms with E-state index in [4.69, 9.17) is 18.9 Å². The van der Waals surface area contributed by atoms with Crippen molar-refractivity contribution in [1.82, 2.24) is 29.4 Å². The van der Waals surface area contributed by atoms with Crippen LogP contribution in [0.1, 0.15) is 112 Å². The molecule has 8 atom stereocenters. The smallest absolute Gasteiger partial charge is 0.329 e. The van der Waals surface area contributed by atoms with E-state index in [0.29, 0.717) is 17.7 Å². The molecule has 2 heterocycles. The van der Waals surface area contributed by atoms with E-state index < -0.39 is 96.1 Å². The third-order valence-corrected chi connectivity index (χ3v) is 13.1. The molecule has 1 aliphatic rings. The SMILES string of the molecule is CC(C)C[C@H]1C(=O)O[C@H](Cc2cccc(Cn3cccn3)c2)C(=O)N(C)[C@@H](CC(C)C)C(=O)O[C@H](C)C(=O)N(C)[C@@H](CC(C)C)C(=O)O[C@H](Cc2ccccc2)C(=O)N(C)[C@@H](CC(C)C)C(=O)O[C@H](C)C(=O)N1C. The van der Waals surface area contributed by atoms with E-state index in [1.165, 1.54) is 42.0 Å². The van der Waals surface area contributed by atoms with Gasteiger partial charge in [-0.2, -0.15) is 5.10 Å². The van der Waals surface area contributed by atoms with Crippen molar-refractivity contribution >= 4 is 47.5 Å². The number of hydrogen-bond acceptors (Lipinski definition) is 13. The first kappa shape index (κ1) is 60.0. The summed E-state index contributed by atoms with van der Waals surface area (Å²) >= 11 is 0. The molecule has 0 aliphatic carbocycles. The summed E-state index contributed by atoms with van der Waals surface area (Å²) in [6.45, 7) is 18.0. The highest BCUT2D eigenvalue weighted by Crippen LogP contribution is 2.24. The van der Waals surface area contributed by atoms with Gasteiger partial charge >= 0.3 is 23.9 Å². The van der Waals surface area contributed by atoms with Gasteiger partial charge in [-0.1, -0.05) is 110 Å². The molecule has 3 aromatic rings. The summed E-state index contributed by atoms with van der Waals surface area (Å²) in [4.78, 5) is 121. The first-order valence-corrected chi connectivity index (χ1v) is 25.8. The number of carbonyl (C=O) groups is 8. The first-order valence-electron chi connectivity index (χ1n) is 25.8. The Morgan fingerprint density at radius 1 is 0.446 bits per heavy atom. The van der Waals surface area contributed by atoms with Crippen LogP contribution in [0.25, 0.3) is 0 Å². The fourth-order valence-corrected chi connectivity index (χ4v) is 8.96. The van der Waals surface area contributed by atoms with Gasteiger partial charge in [-0.05, 0) is 86.0 Å². The van der Waals surface area contributed by atoms with Gasteiger partial charge in [0.05, 0.1) is 6.54 Å². The fourth-order valence-electron chi connectivity index (χ4n) is 8.96. The Hall–Kier alpha value is -6.59. The van der Waals surface area contributed by atoms with E-state index in [1.54, 1.807) is 53.3 Å². The van der Waals surface area contributed by atoms with Crippen molar-refractivity contribution in [2.75, 3.05) is 28.2 Å². The van der Waals surface area contributed by atoms with Gasteiger partial charge in [0.2, 0.25) is 0 Å². The lowest BCUT2D eigenvalue weighted by molar-refractivity contribution is -0.176. The molecule has 0 N–H and O–H groups in total. The fraction of sp³-hybridized carbons (Fsp3) is 0.589. The lowest BCUT2D eigenvalue weighted by Gasteiger charge is -2.35. The second-order valence-corrected chi connectivity index (χ2v) is 21.3. The van der Waals surface area contributed by atoms with E-state index in [0.717, 1.165) is 25.2 Å². The summed E-state index contributed by atoms with van der Waals surface area (Å²) < 4.78 is 25.7. The summed E-state index contributed by atoms with van der Waals surface area (Å²) in [7, 11) is 5.57. The molecular formula is C56H80N6O12. The molecule has 0 unspecified atom stereocenters. The van der Waals surface area contributed by atoms with Crippen molar-refractivity contribution in [3.63, 3.8) is 0 Å². The molecule has 18 nitrogen and oxygen atoms in total. The predicted octanol–water partition coefficient (Wildman–Crippen LogP) is 5.91. The molecule has 18 heteroatoms. The molecule has 0 saturated carbocycles. The highest BCUT2D eigenvalue weighted by atomic mass is 16.6. The van der Waals surface area contributed by atoms with Gasteiger partial charge in [0.1, 0.15) is 24.2 Å². The third-order valence-electron chi connectivity index (χ3n) is 13.1. The first-order chi connectivity index (χ1) is 34.8. The van der Waals surface area contributed by atoms with Crippen LogP contribution in [0.5, 0.6) is 0 Å². The van der Waals surface area contributed by atoms with Crippen LogP contribution in [0.15, 0.2) is 73.1 Å². The quantitative estimate of drug-likeness (QED) is 0.136. The van der Waals surface area contributed by atoms with Gasteiger partial charge in [-0.15, -0.1) is 0 Å². The van der Waals surface area contributed by atoms with Crippen molar-refractivity contribution < 1.29 is 57.3 Å². The zero-order valence-electron chi connectivity index (χ0n) is 45.9. The minimum absolute atomic E-state index is 0.0882. The largest absolute Gasteiger partial charge is 0.451 e. The van der Waals surface area contributed by atoms with Gasteiger partial charge in [0.25, 0.3) is 23.6 Å². The molecule has 0 radical (unpaired) electrons. The monoisotopic (exact) mass is 1030 g/mol. The Morgan fingerprint density at radius 3 is 1.18 bits per heavy atom. The maximum absolute atomic E-state index is 15.0. The van der Waals surface area contributed by atoms with Crippen LogP contribution in [0.3, 0.4) is 0 Å². The maximum Gasteiger partial charge on any atom is 0.329 e. The standard InChI is InChI=1S/C56H80N6O12/c1-34(2)26-43-53(67)71-39(10)50(64)59(12)46(29-37(7)8)56(70)74-48(32-41-22-18-23-42(30-41)33-62-25-19-24-57-62)52(66)61(14)44(27-35(3)4)54(68)72-38(9)49(63)58(11)45(28-36(5)6)55(69)73-47(51(65)60(43)13)31-40-20-16-15-17-21-40/h15-25,30,34-39,43-48H,26-29,31-33H2,1-14H3/t38-,39-,43+,44+,45+,46+,47-,48-/m1/s1. The zero-order chi connectivity index (χ0) is 55.1. The number of cyclic esters (lactones) is 4. The Bertz CT molecular complexity index is 2360. The number of aromatic nitrogens is 2. The van der Waals surface area contributed by atoms with E-state index in [9.17, 15) is 38.4 Å². The highest BCUT2D eigenvalue weighted by molar-refractivity contribution is 5.94. The molecule has 1 aliphatic heterocycles. The average Bonchev–Trinajstić information content (AvgIpc) is 3.86. The van der Waals surface area contributed by atoms with Crippen molar-refractivity contribution in [1.29, 1.82) is 0 Å². The Labute approximate surface area is 437 Å². The molecule has 2 aromatic carbocycles. The van der Waals surface area contributed by atoms with E-state index in [-0.39, 0.29) is 62.2 Å². The van der Waals surface area contributed by atoms with E-state index in [1.807, 2.05) is 79.8 Å².